The van der Waals surface area contributed by atoms with Gasteiger partial charge in [0, 0.05) is 24.7 Å². The molecule has 0 aliphatic heterocycles. The van der Waals surface area contributed by atoms with Crippen molar-refractivity contribution in [2.75, 3.05) is 34.5 Å². The Kier molecular flexibility index (Phi) is 9.20. The second-order valence-corrected chi connectivity index (χ2v) is 9.04. The molecule has 0 spiro atoms. The maximum atomic E-state index is 13.6. The van der Waals surface area contributed by atoms with Crippen molar-refractivity contribution in [1.82, 2.24) is 14.9 Å². The quantitative estimate of drug-likeness (QED) is 0.241. The van der Waals surface area contributed by atoms with Crippen molar-refractivity contribution in [3.8, 4) is 11.5 Å². The van der Waals surface area contributed by atoms with Crippen molar-refractivity contribution < 1.29 is 19.0 Å². The van der Waals surface area contributed by atoms with E-state index in [-0.39, 0.29) is 18.0 Å². The number of hydrogen-bond donors (Lipinski definition) is 1. The third-order valence-electron chi connectivity index (χ3n) is 5.19. The van der Waals surface area contributed by atoms with Crippen LogP contribution in [0.3, 0.4) is 0 Å². The van der Waals surface area contributed by atoms with Gasteiger partial charge in [-0.3, -0.25) is 14.2 Å². The van der Waals surface area contributed by atoms with Crippen LogP contribution in [0, 0.1) is 0 Å². The number of carbonyl (C=O) groups excluding carboxylic acids is 1. The van der Waals surface area contributed by atoms with Crippen LogP contribution in [-0.4, -0.2) is 55.2 Å². The average Bonchev–Trinajstić information content (AvgIpc) is 2.85. The Morgan fingerprint density at radius 2 is 1.82 bits per heavy atom. The second kappa shape index (κ2) is 12.1. The van der Waals surface area contributed by atoms with Gasteiger partial charge in [-0.1, -0.05) is 42.4 Å². The molecule has 0 bridgehead atoms. The molecule has 1 amide bonds. The van der Waals surface area contributed by atoms with Crippen LogP contribution in [0.2, 0.25) is 5.02 Å². The Bertz CT molecular complexity index is 1200. The van der Waals surface area contributed by atoms with E-state index >= 15 is 0 Å². The summed E-state index contributed by atoms with van der Waals surface area (Å²) >= 11 is 7.28. The zero-order valence-corrected chi connectivity index (χ0v) is 21.2. The van der Waals surface area contributed by atoms with Gasteiger partial charge in [0.2, 0.25) is 5.91 Å². The maximum Gasteiger partial charge on any atom is 0.262 e. The van der Waals surface area contributed by atoms with Gasteiger partial charge in [0.1, 0.15) is 0 Å². The smallest absolute Gasteiger partial charge is 0.262 e. The lowest BCUT2D eigenvalue weighted by Crippen LogP contribution is -2.35. The number of fused-ring (bicyclic) bond motifs is 1. The molecular weight excluding hydrogens is 478 g/mol. The third kappa shape index (κ3) is 6.02. The fourth-order valence-electron chi connectivity index (χ4n) is 3.37. The summed E-state index contributed by atoms with van der Waals surface area (Å²) in [7, 11) is 4.62. The molecule has 182 valence electrons. The maximum absolute atomic E-state index is 13.6. The van der Waals surface area contributed by atoms with Crippen molar-refractivity contribution in [3.05, 3.63) is 57.3 Å². The van der Waals surface area contributed by atoms with E-state index < -0.39 is 5.25 Å². The average molecular weight is 506 g/mol. The van der Waals surface area contributed by atoms with Crippen LogP contribution in [0.5, 0.6) is 11.5 Å². The highest BCUT2D eigenvalue weighted by atomic mass is 35.5. The van der Waals surface area contributed by atoms with E-state index in [1.807, 2.05) is 19.1 Å². The van der Waals surface area contributed by atoms with Crippen LogP contribution in [0.4, 0.5) is 0 Å². The van der Waals surface area contributed by atoms with Gasteiger partial charge in [0.15, 0.2) is 16.7 Å². The number of nitrogens with one attached hydrogen (secondary N) is 1. The van der Waals surface area contributed by atoms with Crippen molar-refractivity contribution in [3.63, 3.8) is 0 Å². The van der Waals surface area contributed by atoms with Crippen LogP contribution in [0.15, 0.2) is 46.3 Å². The molecule has 8 nitrogen and oxygen atoms in total. The van der Waals surface area contributed by atoms with Gasteiger partial charge < -0.3 is 19.5 Å². The molecule has 0 fully saturated rings. The molecule has 1 aromatic heterocycles. The first kappa shape index (κ1) is 25.9. The van der Waals surface area contributed by atoms with E-state index in [1.165, 1.54) is 26.0 Å². The molecule has 34 heavy (non-hydrogen) atoms. The fourth-order valence-corrected chi connectivity index (χ4v) is 4.53. The number of nitrogens with zero attached hydrogens (tertiary/aromatic N) is 2. The van der Waals surface area contributed by atoms with Gasteiger partial charge in [-0.25, -0.2) is 4.98 Å². The van der Waals surface area contributed by atoms with Crippen LogP contribution >= 0.6 is 23.4 Å². The molecule has 10 heteroatoms. The van der Waals surface area contributed by atoms with E-state index in [4.69, 9.17) is 30.8 Å². The Hall–Kier alpha value is -2.75. The lowest BCUT2D eigenvalue weighted by molar-refractivity contribution is -0.120. The second-order valence-electron chi connectivity index (χ2n) is 7.44. The van der Waals surface area contributed by atoms with Gasteiger partial charge in [0.05, 0.1) is 43.5 Å². The molecule has 0 saturated carbocycles. The van der Waals surface area contributed by atoms with Gasteiger partial charge in [0.25, 0.3) is 5.56 Å². The summed E-state index contributed by atoms with van der Waals surface area (Å²) < 4.78 is 17.4. The molecule has 1 unspecified atom stereocenters. The number of aromatic nitrogens is 2. The van der Waals surface area contributed by atoms with E-state index in [0.717, 1.165) is 5.56 Å². The number of ether oxygens (including phenoxy) is 3. The third-order valence-corrected chi connectivity index (χ3v) is 6.80. The molecule has 0 aliphatic rings. The van der Waals surface area contributed by atoms with Crippen molar-refractivity contribution >= 4 is 40.2 Å². The number of benzene rings is 2. The molecular formula is C24H28ClN3O5S. The molecule has 1 heterocycles. The highest BCUT2D eigenvalue weighted by Gasteiger charge is 2.23. The minimum atomic E-state index is -0.433. The number of thioether (sulfide) groups is 1. The first-order chi connectivity index (χ1) is 16.4. The van der Waals surface area contributed by atoms with Gasteiger partial charge >= 0.3 is 0 Å². The molecule has 0 aliphatic carbocycles. The lowest BCUT2D eigenvalue weighted by atomic mass is 10.2. The van der Waals surface area contributed by atoms with Crippen LogP contribution in [-0.2, 0) is 16.1 Å². The van der Waals surface area contributed by atoms with Crippen LogP contribution < -0.4 is 20.3 Å². The zero-order chi connectivity index (χ0) is 24.7. The summed E-state index contributed by atoms with van der Waals surface area (Å²) in [6.45, 7) is 3.03. The number of rotatable bonds is 11. The van der Waals surface area contributed by atoms with E-state index in [0.29, 0.717) is 52.2 Å². The molecule has 0 radical (unpaired) electrons. The van der Waals surface area contributed by atoms with Crippen molar-refractivity contribution in [2.45, 2.75) is 30.3 Å². The summed E-state index contributed by atoms with van der Waals surface area (Å²) in [5.41, 5.74) is 1.11. The Balaban J connectivity index is 2.09. The number of halogens is 1. The molecule has 1 N–H and O–H groups in total. The summed E-state index contributed by atoms with van der Waals surface area (Å²) in [6, 6.07) is 10.6. The minimum Gasteiger partial charge on any atom is -0.493 e. The monoisotopic (exact) mass is 505 g/mol. The number of carbonyl (C=O) groups is 1. The van der Waals surface area contributed by atoms with Crippen molar-refractivity contribution in [2.24, 2.45) is 0 Å². The molecule has 3 rings (SSSR count). The molecule has 0 saturated heterocycles. The SMILES string of the molecule is CCC(Sc1nc2cc(OC)c(OC)cc2c(=O)n1Cc1ccc(Cl)cc1)C(=O)NCCOC. The largest absolute Gasteiger partial charge is 0.493 e. The lowest BCUT2D eigenvalue weighted by Gasteiger charge is -2.18. The summed E-state index contributed by atoms with van der Waals surface area (Å²) in [4.78, 5) is 31.1. The van der Waals surface area contributed by atoms with Gasteiger partial charge in [-0.15, -0.1) is 0 Å². The number of methoxy groups -OCH3 is 3. The topological polar surface area (TPSA) is 91.7 Å². The highest BCUT2D eigenvalue weighted by Crippen LogP contribution is 2.32. The number of hydrogen-bond acceptors (Lipinski definition) is 7. The molecule has 2 aromatic carbocycles. The van der Waals surface area contributed by atoms with E-state index in [1.54, 1.807) is 35.9 Å². The molecule has 3 aromatic rings. The summed E-state index contributed by atoms with van der Waals surface area (Å²) in [5.74, 6) is 0.776. The highest BCUT2D eigenvalue weighted by molar-refractivity contribution is 8.00. The fraction of sp³-hybridized carbons (Fsp3) is 0.375. The summed E-state index contributed by atoms with van der Waals surface area (Å²) in [5, 5.41) is 3.88. The standard InChI is InChI=1S/C24H28ClN3O5S/c1-5-21(22(29)26-10-11-31-2)34-24-27-18-13-20(33-4)19(32-3)12-17(18)23(30)28(24)14-15-6-8-16(25)9-7-15/h6-9,12-13,21H,5,10-11,14H2,1-4H3,(H,26,29). The Morgan fingerprint density at radius 3 is 2.44 bits per heavy atom. The predicted octanol–water partition coefficient (Wildman–Crippen LogP) is 3.75. The zero-order valence-electron chi connectivity index (χ0n) is 19.6. The van der Waals surface area contributed by atoms with Crippen LogP contribution in [0.1, 0.15) is 18.9 Å². The Labute approximate surface area is 207 Å². The summed E-state index contributed by atoms with van der Waals surface area (Å²) in [6.07, 6.45) is 0.560. The van der Waals surface area contributed by atoms with E-state index in [9.17, 15) is 9.59 Å². The first-order valence-corrected chi connectivity index (χ1v) is 12.0. The molecule has 1 atom stereocenters. The minimum absolute atomic E-state index is 0.135. The first-order valence-electron chi connectivity index (χ1n) is 10.8. The normalized spacial score (nSPS) is 11.9. The Morgan fingerprint density at radius 1 is 1.15 bits per heavy atom. The van der Waals surface area contributed by atoms with E-state index in [2.05, 4.69) is 5.32 Å². The predicted molar refractivity (Wildman–Crippen MR) is 134 cm³/mol. The van der Waals surface area contributed by atoms with Crippen molar-refractivity contribution in [1.29, 1.82) is 0 Å². The van der Waals surface area contributed by atoms with Gasteiger partial charge in [-0.05, 0) is 30.2 Å². The van der Waals surface area contributed by atoms with Gasteiger partial charge in [-0.2, -0.15) is 0 Å². The van der Waals surface area contributed by atoms with Crippen LogP contribution in [0.25, 0.3) is 10.9 Å². The number of amides is 1.